The molecule has 0 radical (unpaired) electrons. The van der Waals surface area contributed by atoms with Crippen molar-refractivity contribution >= 4 is 50.7 Å². The van der Waals surface area contributed by atoms with Gasteiger partial charge in [-0.2, -0.15) is 0 Å². The van der Waals surface area contributed by atoms with E-state index < -0.39 is 5.97 Å². The van der Waals surface area contributed by atoms with Crippen molar-refractivity contribution in [2.24, 2.45) is 0 Å². The molecule has 0 fully saturated rings. The summed E-state index contributed by atoms with van der Waals surface area (Å²) in [5, 5.41) is 10.4. The molecule has 1 N–H and O–H groups in total. The Bertz CT molecular complexity index is 607. The highest BCUT2D eigenvalue weighted by molar-refractivity contribution is 7.21. The molecule has 2 aromatic heterocycles. The van der Waals surface area contributed by atoms with Gasteiger partial charge in [-0.3, -0.25) is 0 Å². The Morgan fingerprint density at radius 1 is 1.31 bits per heavy atom. The van der Waals surface area contributed by atoms with Gasteiger partial charge in [-0.25, -0.2) is 9.78 Å². The number of nitrogens with zero attached hydrogens (tertiary/aromatic N) is 1. The number of pyridine rings is 1. The van der Waals surface area contributed by atoms with Gasteiger partial charge in [0.05, 0.1) is 15.7 Å². The Kier molecular flexibility index (Phi) is 2.82. The summed E-state index contributed by atoms with van der Waals surface area (Å²) in [6.45, 7) is 3.59. The first-order chi connectivity index (χ1) is 7.43. The lowest BCUT2D eigenvalue weighted by Crippen LogP contribution is -1.92. The van der Waals surface area contributed by atoms with E-state index in [2.05, 4.69) is 4.98 Å². The van der Waals surface area contributed by atoms with Crippen molar-refractivity contribution in [3.8, 4) is 0 Å². The van der Waals surface area contributed by atoms with E-state index in [0.717, 1.165) is 16.9 Å². The SMILES string of the molecule is Cc1nc2sc(C(=O)O)c(Cl)c2c(C)c1Cl. The largest absolute Gasteiger partial charge is 0.477 e. The lowest BCUT2D eigenvalue weighted by Gasteiger charge is -2.03. The molecule has 0 amide bonds. The van der Waals surface area contributed by atoms with Crippen molar-refractivity contribution in [3.05, 3.63) is 26.2 Å². The number of aryl methyl sites for hydroxylation is 2. The lowest BCUT2D eigenvalue weighted by molar-refractivity contribution is 0.0702. The highest BCUT2D eigenvalue weighted by atomic mass is 35.5. The molecule has 2 rings (SSSR count). The molecule has 0 aliphatic rings. The topological polar surface area (TPSA) is 50.2 Å². The smallest absolute Gasteiger partial charge is 0.347 e. The number of aromatic carboxylic acids is 1. The number of halogens is 2. The molecule has 0 saturated carbocycles. The number of fused-ring (bicyclic) bond motifs is 1. The van der Waals surface area contributed by atoms with Crippen LogP contribution < -0.4 is 0 Å². The predicted molar refractivity (Wildman–Crippen MR) is 66.1 cm³/mol. The van der Waals surface area contributed by atoms with Crippen LogP contribution in [0.4, 0.5) is 0 Å². The number of hydrogen-bond acceptors (Lipinski definition) is 3. The zero-order valence-corrected chi connectivity index (χ0v) is 10.8. The molecule has 2 aromatic rings. The van der Waals surface area contributed by atoms with Crippen LogP contribution in [0.5, 0.6) is 0 Å². The molecule has 0 aliphatic heterocycles. The molecule has 0 spiro atoms. The summed E-state index contributed by atoms with van der Waals surface area (Å²) in [6.07, 6.45) is 0. The summed E-state index contributed by atoms with van der Waals surface area (Å²) in [5.74, 6) is -1.04. The maximum Gasteiger partial charge on any atom is 0.347 e. The van der Waals surface area contributed by atoms with Crippen molar-refractivity contribution in [1.82, 2.24) is 4.98 Å². The molecule has 6 heteroatoms. The zero-order chi connectivity index (χ0) is 12.0. The molecule has 16 heavy (non-hydrogen) atoms. The molecule has 2 heterocycles. The quantitative estimate of drug-likeness (QED) is 0.858. The van der Waals surface area contributed by atoms with E-state index in [1.165, 1.54) is 0 Å². The van der Waals surface area contributed by atoms with Gasteiger partial charge >= 0.3 is 5.97 Å². The maximum absolute atomic E-state index is 10.9. The van der Waals surface area contributed by atoms with Crippen molar-refractivity contribution < 1.29 is 9.90 Å². The van der Waals surface area contributed by atoms with Crippen LogP contribution in [-0.2, 0) is 0 Å². The van der Waals surface area contributed by atoms with Crippen LogP contribution in [-0.4, -0.2) is 16.1 Å². The van der Waals surface area contributed by atoms with E-state index in [1.54, 1.807) is 6.92 Å². The first kappa shape index (κ1) is 11.6. The number of thiophene rings is 1. The van der Waals surface area contributed by atoms with E-state index in [0.29, 0.717) is 20.9 Å². The summed E-state index contributed by atoms with van der Waals surface area (Å²) >= 11 is 13.1. The van der Waals surface area contributed by atoms with Gasteiger partial charge in [0.15, 0.2) is 0 Å². The molecular formula is C10H7Cl2NO2S. The number of hydrogen-bond donors (Lipinski definition) is 1. The summed E-state index contributed by atoms with van der Waals surface area (Å²) in [4.78, 5) is 15.9. The lowest BCUT2D eigenvalue weighted by atomic mass is 10.2. The van der Waals surface area contributed by atoms with Crippen LogP contribution in [0.15, 0.2) is 0 Å². The van der Waals surface area contributed by atoms with Gasteiger partial charge in [0.2, 0.25) is 0 Å². The molecule has 0 atom stereocenters. The number of rotatable bonds is 1. The minimum atomic E-state index is -1.04. The Labute approximate surface area is 106 Å². The molecule has 3 nitrogen and oxygen atoms in total. The fourth-order valence-corrected chi connectivity index (χ4v) is 3.16. The van der Waals surface area contributed by atoms with Crippen molar-refractivity contribution in [3.63, 3.8) is 0 Å². The molecular weight excluding hydrogens is 269 g/mol. The van der Waals surface area contributed by atoms with E-state index in [4.69, 9.17) is 28.3 Å². The standard InChI is InChI=1S/C10H7Cl2NO2S/c1-3-5-7(12)8(10(14)15)16-9(5)13-4(2)6(3)11/h1-2H3,(H,14,15). The second kappa shape index (κ2) is 3.87. The van der Waals surface area contributed by atoms with E-state index >= 15 is 0 Å². The first-order valence-electron chi connectivity index (χ1n) is 4.41. The molecule has 0 aliphatic carbocycles. The molecule has 0 bridgehead atoms. The number of carboxylic acids is 1. The second-order valence-corrected chi connectivity index (χ2v) is 5.12. The Balaban J connectivity index is 2.93. The van der Waals surface area contributed by atoms with E-state index in [1.807, 2.05) is 6.92 Å². The number of carbonyl (C=O) groups is 1. The zero-order valence-electron chi connectivity index (χ0n) is 8.47. The fraction of sp³-hybridized carbons (Fsp3) is 0.200. The third-order valence-corrected chi connectivity index (χ3v) is 4.44. The van der Waals surface area contributed by atoms with Gasteiger partial charge in [0, 0.05) is 5.39 Å². The third-order valence-electron chi connectivity index (χ3n) is 2.32. The van der Waals surface area contributed by atoms with Crippen LogP contribution in [0.1, 0.15) is 20.9 Å². The van der Waals surface area contributed by atoms with Crippen molar-refractivity contribution in [2.45, 2.75) is 13.8 Å². The van der Waals surface area contributed by atoms with Crippen molar-refractivity contribution in [2.75, 3.05) is 0 Å². The van der Waals surface area contributed by atoms with Crippen LogP contribution >= 0.6 is 34.5 Å². The highest BCUT2D eigenvalue weighted by Gasteiger charge is 2.20. The Hall–Kier alpha value is -0.840. The van der Waals surface area contributed by atoms with Crippen molar-refractivity contribution in [1.29, 1.82) is 0 Å². The minimum Gasteiger partial charge on any atom is -0.477 e. The summed E-state index contributed by atoms with van der Waals surface area (Å²) in [7, 11) is 0. The Morgan fingerprint density at radius 3 is 2.50 bits per heavy atom. The number of aromatic nitrogens is 1. The predicted octanol–water partition coefficient (Wildman–Crippen LogP) is 3.92. The van der Waals surface area contributed by atoms with Gasteiger partial charge in [0.1, 0.15) is 9.71 Å². The summed E-state index contributed by atoms with van der Waals surface area (Å²) in [6, 6.07) is 0. The third kappa shape index (κ3) is 1.57. The minimum absolute atomic E-state index is 0.105. The van der Waals surface area contributed by atoms with Gasteiger partial charge in [0.25, 0.3) is 0 Å². The summed E-state index contributed by atoms with van der Waals surface area (Å²) in [5.41, 5.74) is 1.46. The van der Waals surface area contributed by atoms with E-state index in [9.17, 15) is 4.79 Å². The average Bonchev–Trinajstić information content (AvgIpc) is 2.52. The molecule has 0 unspecified atom stereocenters. The molecule has 0 saturated heterocycles. The normalized spacial score (nSPS) is 11.0. The van der Waals surface area contributed by atoms with Gasteiger partial charge in [-0.05, 0) is 19.4 Å². The number of carboxylic acid groups (broad SMARTS) is 1. The van der Waals surface area contributed by atoms with Gasteiger partial charge in [-0.15, -0.1) is 11.3 Å². The van der Waals surface area contributed by atoms with E-state index in [-0.39, 0.29) is 9.90 Å². The van der Waals surface area contributed by atoms with Crippen LogP contribution in [0, 0.1) is 13.8 Å². The molecule has 84 valence electrons. The monoisotopic (exact) mass is 275 g/mol. The van der Waals surface area contributed by atoms with Gasteiger partial charge in [-0.1, -0.05) is 23.2 Å². The van der Waals surface area contributed by atoms with Crippen LogP contribution in [0.25, 0.3) is 10.2 Å². The average molecular weight is 276 g/mol. The van der Waals surface area contributed by atoms with Gasteiger partial charge < -0.3 is 5.11 Å². The van der Waals surface area contributed by atoms with Crippen LogP contribution in [0.2, 0.25) is 10.0 Å². The van der Waals surface area contributed by atoms with Crippen LogP contribution in [0.3, 0.4) is 0 Å². The Morgan fingerprint density at radius 2 is 1.94 bits per heavy atom. The summed E-state index contributed by atoms with van der Waals surface area (Å²) < 4.78 is 0. The highest BCUT2D eigenvalue weighted by Crippen LogP contribution is 2.39. The first-order valence-corrected chi connectivity index (χ1v) is 5.98. The maximum atomic E-state index is 10.9. The fourth-order valence-electron chi connectivity index (χ4n) is 1.52. The second-order valence-electron chi connectivity index (χ2n) is 3.37. The molecule has 0 aromatic carbocycles.